The van der Waals surface area contributed by atoms with Crippen molar-refractivity contribution in [3.8, 4) is 11.3 Å². The van der Waals surface area contributed by atoms with Crippen LogP contribution in [0.2, 0.25) is 0 Å². The Morgan fingerprint density at radius 1 is 1.19 bits per heavy atom. The van der Waals surface area contributed by atoms with E-state index in [9.17, 15) is 4.79 Å². The van der Waals surface area contributed by atoms with Crippen LogP contribution in [0.4, 0.5) is 0 Å². The Hall–Kier alpha value is -2.89. The van der Waals surface area contributed by atoms with Crippen LogP contribution < -0.4 is 0 Å². The maximum atomic E-state index is 13.0. The molecule has 1 aromatic carbocycles. The molecule has 6 nitrogen and oxygen atoms in total. The van der Waals surface area contributed by atoms with Gasteiger partial charge in [-0.15, -0.1) is 0 Å². The molecule has 1 fully saturated rings. The van der Waals surface area contributed by atoms with Crippen LogP contribution in [0.25, 0.3) is 11.3 Å². The molecule has 4 rings (SSSR count). The van der Waals surface area contributed by atoms with Crippen LogP contribution in [0.3, 0.4) is 0 Å². The Kier molecular flexibility index (Phi) is 4.56. The molecule has 0 bridgehead atoms. The van der Waals surface area contributed by atoms with Gasteiger partial charge in [-0.25, -0.2) is 0 Å². The van der Waals surface area contributed by atoms with Gasteiger partial charge in [-0.3, -0.25) is 4.79 Å². The van der Waals surface area contributed by atoms with Crippen LogP contribution in [-0.2, 0) is 6.42 Å². The lowest BCUT2D eigenvalue weighted by molar-refractivity contribution is 0.0720. The smallest absolute Gasteiger partial charge is 0.276 e. The lowest BCUT2D eigenvalue weighted by Gasteiger charge is -2.21. The molecule has 2 aromatic heterocycles. The average molecular weight is 351 g/mol. The van der Waals surface area contributed by atoms with E-state index >= 15 is 0 Å². The zero-order valence-electron chi connectivity index (χ0n) is 14.7. The van der Waals surface area contributed by atoms with Crippen LogP contribution in [0.1, 0.15) is 54.2 Å². The number of nitrogens with zero attached hydrogens (tertiary/aromatic N) is 3. The Morgan fingerprint density at radius 3 is 2.85 bits per heavy atom. The molecular weight excluding hydrogens is 330 g/mol. The molecule has 1 atom stereocenters. The number of hydrogen-bond donors (Lipinski definition) is 0. The second-order valence-electron chi connectivity index (χ2n) is 6.57. The highest BCUT2D eigenvalue weighted by atomic mass is 16.5. The van der Waals surface area contributed by atoms with Crippen molar-refractivity contribution in [3.63, 3.8) is 0 Å². The molecular formula is C20H21N3O3. The van der Waals surface area contributed by atoms with Crippen LogP contribution in [0.5, 0.6) is 0 Å². The van der Waals surface area contributed by atoms with Gasteiger partial charge in [0, 0.05) is 30.7 Å². The summed E-state index contributed by atoms with van der Waals surface area (Å²) in [6, 6.07) is 13.3. The van der Waals surface area contributed by atoms with Crippen molar-refractivity contribution in [1.29, 1.82) is 0 Å². The van der Waals surface area contributed by atoms with Gasteiger partial charge in [-0.05, 0) is 19.3 Å². The van der Waals surface area contributed by atoms with E-state index in [2.05, 4.69) is 17.2 Å². The van der Waals surface area contributed by atoms with E-state index in [1.165, 1.54) is 0 Å². The van der Waals surface area contributed by atoms with Crippen molar-refractivity contribution in [2.24, 2.45) is 0 Å². The molecule has 1 saturated heterocycles. The SMILES string of the molecule is CCCc1cc([C@@H]2CCCN2C(=O)c2cc(-c3ccccc3)on2)no1. The van der Waals surface area contributed by atoms with Crippen LogP contribution >= 0.6 is 0 Å². The fourth-order valence-corrected chi connectivity index (χ4v) is 3.43. The van der Waals surface area contributed by atoms with Gasteiger partial charge < -0.3 is 13.9 Å². The number of benzene rings is 1. The number of likely N-dealkylation sites (tertiary alicyclic amines) is 1. The highest BCUT2D eigenvalue weighted by Crippen LogP contribution is 2.33. The van der Waals surface area contributed by atoms with Gasteiger partial charge in [0.15, 0.2) is 11.5 Å². The summed E-state index contributed by atoms with van der Waals surface area (Å²) in [6.45, 7) is 2.79. The minimum absolute atomic E-state index is 0.0614. The van der Waals surface area contributed by atoms with E-state index in [-0.39, 0.29) is 11.9 Å². The number of aryl methyl sites for hydroxylation is 1. The number of carbonyl (C=O) groups excluding carboxylic acids is 1. The third-order valence-corrected chi connectivity index (χ3v) is 4.72. The Morgan fingerprint density at radius 2 is 2.04 bits per heavy atom. The van der Waals surface area contributed by atoms with Crippen LogP contribution in [0.15, 0.2) is 51.5 Å². The molecule has 6 heteroatoms. The minimum atomic E-state index is -0.126. The fourth-order valence-electron chi connectivity index (χ4n) is 3.43. The topological polar surface area (TPSA) is 72.4 Å². The van der Waals surface area contributed by atoms with Crippen molar-refractivity contribution in [1.82, 2.24) is 15.2 Å². The summed E-state index contributed by atoms with van der Waals surface area (Å²) < 4.78 is 10.8. The Balaban J connectivity index is 1.54. The molecule has 3 aromatic rings. The minimum Gasteiger partial charge on any atom is -0.361 e. The number of hydrogen-bond acceptors (Lipinski definition) is 5. The van der Waals surface area contributed by atoms with Gasteiger partial charge in [0.25, 0.3) is 5.91 Å². The Labute approximate surface area is 151 Å². The Bertz CT molecular complexity index is 885. The second-order valence-corrected chi connectivity index (χ2v) is 6.57. The summed E-state index contributed by atoms with van der Waals surface area (Å²) in [7, 11) is 0. The standard InChI is InChI=1S/C20H21N3O3/c1-2-7-15-12-16(21-25-15)18-10-6-11-23(18)20(24)17-13-19(26-22-17)14-8-4-3-5-9-14/h3-5,8-9,12-13,18H,2,6-7,10-11H2,1H3/t18-/m0/s1. The molecule has 3 heterocycles. The average Bonchev–Trinajstić information content (AvgIpc) is 3.42. The predicted molar refractivity (Wildman–Crippen MR) is 95.4 cm³/mol. The quantitative estimate of drug-likeness (QED) is 0.687. The van der Waals surface area contributed by atoms with Gasteiger partial charge in [-0.1, -0.05) is 47.6 Å². The van der Waals surface area contributed by atoms with Gasteiger partial charge in [-0.2, -0.15) is 0 Å². The lowest BCUT2D eigenvalue weighted by Crippen LogP contribution is -2.30. The highest BCUT2D eigenvalue weighted by Gasteiger charge is 2.34. The maximum Gasteiger partial charge on any atom is 0.276 e. The molecule has 0 radical (unpaired) electrons. The summed E-state index contributed by atoms with van der Waals surface area (Å²) in [5.74, 6) is 1.34. The first-order valence-corrected chi connectivity index (χ1v) is 9.05. The second kappa shape index (κ2) is 7.15. The van der Waals surface area contributed by atoms with Crippen LogP contribution in [-0.4, -0.2) is 27.7 Å². The molecule has 0 N–H and O–H groups in total. The molecule has 0 saturated carbocycles. The normalized spacial score (nSPS) is 17.0. The first-order valence-electron chi connectivity index (χ1n) is 9.05. The summed E-state index contributed by atoms with van der Waals surface area (Å²) in [5.41, 5.74) is 2.05. The number of carbonyl (C=O) groups is 1. The lowest BCUT2D eigenvalue weighted by atomic mass is 10.1. The van der Waals surface area contributed by atoms with Crippen molar-refractivity contribution in [2.75, 3.05) is 6.54 Å². The summed E-state index contributed by atoms with van der Waals surface area (Å²) in [5, 5.41) is 8.17. The van der Waals surface area contributed by atoms with Crippen molar-refractivity contribution >= 4 is 5.91 Å². The van der Waals surface area contributed by atoms with E-state index in [0.717, 1.165) is 42.7 Å². The number of aromatic nitrogens is 2. The molecule has 134 valence electrons. The van der Waals surface area contributed by atoms with E-state index in [1.54, 1.807) is 6.07 Å². The maximum absolute atomic E-state index is 13.0. The highest BCUT2D eigenvalue weighted by molar-refractivity contribution is 5.93. The first-order chi connectivity index (χ1) is 12.8. The molecule has 26 heavy (non-hydrogen) atoms. The first kappa shape index (κ1) is 16.6. The third kappa shape index (κ3) is 3.14. The molecule has 1 aliphatic rings. The molecule has 0 spiro atoms. The third-order valence-electron chi connectivity index (χ3n) is 4.72. The van der Waals surface area contributed by atoms with E-state index in [0.29, 0.717) is 18.0 Å². The number of rotatable bonds is 5. The zero-order valence-corrected chi connectivity index (χ0v) is 14.7. The largest absolute Gasteiger partial charge is 0.361 e. The van der Waals surface area contributed by atoms with Gasteiger partial charge >= 0.3 is 0 Å². The predicted octanol–water partition coefficient (Wildman–Crippen LogP) is 4.26. The molecule has 0 unspecified atom stereocenters. The van der Waals surface area contributed by atoms with Gasteiger partial charge in [0.2, 0.25) is 0 Å². The molecule has 0 aliphatic carbocycles. The van der Waals surface area contributed by atoms with Crippen molar-refractivity contribution in [2.45, 2.75) is 38.6 Å². The van der Waals surface area contributed by atoms with E-state index in [4.69, 9.17) is 9.05 Å². The van der Waals surface area contributed by atoms with Crippen molar-refractivity contribution < 1.29 is 13.8 Å². The van der Waals surface area contributed by atoms with Crippen molar-refractivity contribution in [3.05, 3.63) is 59.6 Å². The molecule has 1 aliphatic heterocycles. The number of amides is 1. The fraction of sp³-hybridized carbons (Fsp3) is 0.350. The van der Waals surface area contributed by atoms with Gasteiger partial charge in [0.05, 0.1) is 6.04 Å². The van der Waals surface area contributed by atoms with Gasteiger partial charge in [0.1, 0.15) is 11.5 Å². The van der Waals surface area contributed by atoms with E-state index in [1.807, 2.05) is 41.3 Å². The summed E-state index contributed by atoms with van der Waals surface area (Å²) >= 11 is 0. The van der Waals surface area contributed by atoms with Crippen LogP contribution in [0, 0.1) is 0 Å². The zero-order chi connectivity index (χ0) is 17.9. The summed E-state index contributed by atoms with van der Waals surface area (Å²) in [4.78, 5) is 14.8. The monoisotopic (exact) mass is 351 g/mol. The molecule has 1 amide bonds. The van der Waals surface area contributed by atoms with E-state index < -0.39 is 0 Å². The summed E-state index contributed by atoms with van der Waals surface area (Å²) in [6.07, 6.45) is 3.68.